The normalized spacial score (nSPS) is 10.6. The Hall–Kier alpha value is -2.51. The molecule has 1 N–H and O–H groups in total. The number of hydrogen-bond donors (Lipinski definition) is 1. The summed E-state index contributed by atoms with van der Waals surface area (Å²) in [6, 6.07) is 13.4. The first-order chi connectivity index (χ1) is 13.5. The zero-order chi connectivity index (χ0) is 19.9. The van der Waals surface area contributed by atoms with Crippen molar-refractivity contribution in [2.75, 3.05) is 11.1 Å². The predicted molar refractivity (Wildman–Crippen MR) is 112 cm³/mol. The number of hydrogen-bond acceptors (Lipinski definition) is 5. The van der Waals surface area contributed by atoms with Gasteiger partial charge in [-0.25, -0.2) is 9.37 Å². The van der Waals surface area contributed by atoms with Gasteiger partial charge in [-0.2, -0.15) is 0 Å². The van der Waals surface area contributed by atoms with Gasteiger partial charge in [0.25, 0.3) is 0 Å². The molecule has 0 unspecified atom stereocenters. The second-order valence-electron chi connectivity index (χ2n) is 6.10. The number of carbonyl (C=O) groups excluding carboxylic acids is 2. The number of aryl methyl sites for hydroxylation is 1. The fourth-order valence-electron chi connectivity index (χ4n) is 2.51. The van der Waals surface area contributed by atoms with E-state index in [1.165, 1.54) is 46.9 Å². The van der Waals surface area contributed by atoms with E-state index in [1.807, 2.05) is 24.3 Å². The van der Waals surface area contributed by atoms with Gasteiger partial charge in [0, 0.05) is 16.6 Å². The molecule has 0 saturated heterocycles. The van der Waals surface area contributed by atoms with Crippen molar-refractivity contribution in [2.45, 2.75) is 24.1 Å². The Kier molecular flexibility index (Phi) is 6.95. The molecule has 3 rings (SSSR count). The van der Waals surface area contributed by atoms with Crippen LogP contribution in [0.5, 0.6) is 0 Å². The van der Waals surface area contributed by atoms with E-state index >= 15 is 0 Å². The highest BCUT2D eigenvalue weighted by Gasteiger charge is 2.11. The van der Waals surface area contributed by atoms with Crippen molar-refractivity contribution in [1.29, 1.82) is 0 Å². The topological polar surface area (TPSA) is 59.1 Å². The lowest BCUT2D eigenvalue weighted by Gasteiger charge is -2.03. The van der Waals surface area contributed by atoms with E-state index in [4.69, 9.17) is 0 Å². The third-order valence-corrected chi connectivity index (χ3v) is 6.06. The molecule has 0 radical (unpaired) electrons. The van der Waals surface area contributed by atoms with Gasteiger partial charge in [-0.3, -0.25) is 9.59 Å². The maximum atomic E-state index is 13.2. The molecule has 0 aliphatic heterocycles. The Morgan fingerprint density at radius 2 is 1.96 bits per heavy atom. The van der Waals surface area contributed by atoms with E-state index in [-0.39, 0.29) is 18.1 Å². The molecule has 0 aliphatic rings. The lowest BCUT2D eigenvalue weighted by molar-refractivity contribution is -0.115. The van der Waals surface area contributed by atoms with E-state index in [9.17, 15) is 14.0 Å². The molecule has 28 heavy (non-hydrogen) atoms. The summed E-state index contributed by atoms with van der Waals surface area (Å²) in [4.78, 5) is 28.8. The number of thiazole rings is 1. The molecule has 0 aliphatic carbocycles. The molecule has 0 atom stereocenters. The van der Waals surface area contributed by atoms with Crippen LogP contribution in [0.15, 0.2) is 58.3 Å². The van der Waals surface area contributed by atoms with Gasteiger partial charge in [-0.05, 0) is 30.2 Å². The average Bonchev–Trinajstić information content (AvgIpc) is 3.13. The Morgan fingerprint density at radius 1 is 1.18 bits per heavy atom. The van der Waals surface area contributed by atoms with Crippen LogP contribution in [0.4, 0.5) is 10.1 Å². The summed E-state index contributed by atoms with van der Waals surface area (Å²) >= 11 is 2.77. The molecule has 0 saturated carbocycles. The number of aromatic nitrogens is 1. The van der Waals surface area contributed by atoms with Crippen molar-refractivity contribution in [2.24, 2.45) is 0 Å². The summed E-state index contributed by atoms with van der Waals surface area (Å²) in [7, 11) is 0. The molecule has 0 bridgehead atoms. The Morgan fingerprint density at radius 3 is 2.68 bits per heavy atom. The van der Waals surface area contributed by atoms with Crippen LogP contribution < -0.4 is 5.32 Å². The molecule has 1 amide bonds. The number of halogens is 1. The maximum absolute atomic E-state index is 13.2. The van der Waals surface area contributed by atoms with Crippen molar-refractivity contribution >= 4 is 40.5 Å². The third-order valence-electron chi connectivity index (χ3n) is 3.99. The van der Waals surface area contributed by atoms with Crippen LogP contribution in [0.1, 0.15) is 28.5 Å². The van der Waals surface area contributed by atoms with E-state index in [1.54, 1.807) is 11.4 Å². The first-order valence-corrected chi connectivity index (χ1v) is 10.6. The largest absolute Gasteiger partial charge is 0.326 e. The van der Waals surface area contributed by atoms with E-state index < -0.39 is 5.82 Å². The van der Waals surface area contributed by atoms with Crippen LogP contribution in [0.2, 0.25) is 0 Å². The molecule has 4 nitrogen and oxygen atoms in total. The Balaban J connectivity index is 1.50. The summed E-state index contributed by atoms with van der Waals surface area (Å²) in [6.45, 7) is 2.07. The second-order valence-corrected chi connectivity index (χ2v) is 8.18. The van der Waals surface area contributed by atoms with Crippen LogP contribution >= 0.6 is 23.1 Å². The van der Waals surface area contributed by atoms with Crippen molar-refractivity contribution in [1.82, 2.24) is 4.98 Å². The van der Waals surface area contributed by atoms with Crippen LogP contribution in [-0.2, 0) is 17.6 Å². The number of anilines is 1. The molecule has 144 valence electrons. The summed E-state index contributed by atoms with van der Waals surface area (Å²) < 4.78 is 13.9. The van der Waals surface area contributed by atoms with Gasteiger partial charge in [-0.1, -0.05) is 49.0 Å². The number of Topliss-reactive ketones (excluding diaryl/α,β-unsaturated/α-hetero) is 1. The van der Waals surface area contributed by atoms with Gasteiger partial charge in [0.2, 0.25) is 5.91 Å². The quantitative estimate of drug-likeness (QED) is 0.416. The van der Waals surface area contributed by atoms with Gasteiger partial charge >= 0.3 is 0 Å². The van der Waals surface area contributed by atoms with Crippen molar-refractivity contribution in [3.05, 3.63) is 76.5 Å². The van der Waals surface area contributed by atoms with Crippen molar-refractivity contribution in [3.8, 4) is 0 Å². The Bertz CT molecular complexity index is 971. The van der Waals surface area contributed by atoms with E-state index in [0.29, 0.717) is 22.7 Å². The molecular weight excluding hydrogens is 395 g/mol. The fourth-order valence-corrected chi connectivity index (χ4v) is 4.25. The zero-order valence-electron chi connectivity index (χ0n) is 15.3. The molecule has 2 aromatic carbocycles. The third kappa shape index (κ3) is 5.74. The number of rotatable bonds is 8. The zero-order valence-corrected chi connectivity index (χ0v) is 16.9. The van der Waals surface area contributed by atoms with Crippen molar-refractivity contribution in [3.63, 3.8) is 0 Å². The lowest BCUT2D eigenvalue weighted by atomic mass is 10.1. The standard InChI is InChI=1S/C21H19FN2O2S2/c1-2-14-6-8-15(9-7-14)19(25)13-28-21-24-18(12-27-21)11-20(26)23-17-5-3-4-16(22)10-17/h3-10,12H,2,11,13H2,1H3,(H,23,26). The van der Waals surface area contributed by atoms with E-state index in [0.717, 1.165) is 10.8 Å². The van der Waals surface area contributed by atoms with Crippen molar-refractivity contribution < 1.29 is 14.0 Å². The van der Waals surface area contributed by atoms with Crippen LogP contribution in [0.3, 0.4) is 0 Å². The summed E-state index contributed by atoms with van der Waals surface area (Å²) in [5.41, 5.74) is 2.93. The maximum Gasteiger partial charge on any atom is 0.230 e. The molecule has 1 aromatic heterocycles. The first kappa shape index (κ1) is 20.2. The van der Waals surface area contributed by atoms with E-state index in [2.05, 4.69) is 17.2 Å². The number of thioether (sulfide) groups is 1. The predicted octanol–water partition coefficient (Wildman–Crippen LogP) is 5.00. The number of carbonyl (C=O) groups is 2. The molecule has 3 aromatic rings. The second kappa shape index (κ2) is 9.61. The molecule has 0 fully saturated rings. The number of benzene rings is 2. The lowest BCUT2D eigenvalue weighted by Crippen LogP contribution is -2.14. The van der Waals surface area contributed by atoms with Gasteiger partial charge in [0.1, 0.15) is 5.82 Å². The minimum atomic E-state index is -0.404. The smallest absolute Gasteiger partial charge is 0.230 e. The summed E-state index contributed by atoms with van der Waals surface area (Å²) in [5.74, 6) is -0.319. The number of ketones is 1. The van der Waals surface area contributed by atoms with Gasteiger partial charge in [-0.15, -0.1) is 11.3 Å². The highest BCUT2D eigenvalue weighted by Crippen LogP contribution is 2.24. The SMILES string of the molecule is CCc1ccc(C(=O)CSc2nc(CC(=O)Nc3cccc(F)c3)cs2)cc1. The minimum Gasteiger partial charge on any atom is -0.326 e. The molecule has 1 heterocycles. The average molecular weight is 415 g/mol. The Labute approximate surface area is 171 Å². The monoisotopic (exact) mass is 414 g/mol. The van der Waals surface area contributed by atoms with Gasteiger partial charge < -0.3 is 5.32 Å². The molecule has 7 heteroatoms. The number of nitrogens with zero attached hydrogens (tertiary/aromatic N) is 1. The van der Waals surface area contributed by atoms with Crippen LogP contribution in [-0.4, -0.2) is 22.4 Å². The summed E-state index contributed by atoms with van der Waals surface area (Å²) in [5, 5.41) is 4.45. The fraction of sp³-hybridized carbons (Fsp3) is 0.190. The van der Waals surface area contributed by atoms with Crippen LogP contribution in [0.25, 0.3) is 0 Å². The number of nitrogens with one attached hydrogen (secondary N) is 1. The summed E-state index contributed by atoms with van der Waals surface area (Å²) in [6.07, 6.45) is 1.04. The van der Waals surface area contributed by atoms with Gasteiger partial charge in [0.05, 0.1) is 17.9 Å². The minimum absolute atomic E-state index is 0.0493. The number of amides is 1. The highest BCUT2D eigenvalue weighted by molar-refractivity contribution is 8.01. The first-order valence-electron chi connectivity index (χ1n) is 8.78. The molecule has 0 spiro atoms. The van der Waals surface area contributed by atoms with Gasteiger partial charge in [0.15, 0.2) is 10.1 Å². The highest BCUT2D eigenvalue weighted by atomic mass is 32.2. The van der Waals surface area contributed by atoms with Crippen LogP contribution in [0, 0.1) is 5.82 Å². The molecular formula is C21H19FN2O2S2.